The third kappa shape index (κ3) is 7.84. The number of aliphatic imine (C=N–C) groups is 1. The summed E-state index contributed by atoms with van der Waals surface area (Å²) in [6.07, 6.45) is 7.92. The van der Waals surface area contributed by atoms with Crippen LogP contribution in [0.4, 0.5) is 5.82 Å². The van der Waals surface area contributed by atoms with Gasteiger partial charge in [-0.1, -0.05) is 30.3 Å². The van der Waals surface area contributed by atoms with E-state index in [-0.39, 0.29) is 24.0 Å². The Kier molecular flexibility index (Phi) is 10.2. The molecule has 2 N–H and O–H groups in total. The molecule has 1 unspecified atom stereocenters. The normalized spacial score (nSPS) is 15.4. The van der Waals surface area contributed by atoms with Crippen molar-refractivity contribution in [1.82, 2.24) is 15.6 Å². The predicted octanol–water partition coefficient (Wildman–Crippen LogP) is 4.38. The molecule has 1 aromatic heterocycles. The van der Waals surface area contributed by atoms with Crippen molar-refractivity contribution in [3.05, 3.63) is 59.8 Å². The second-order valence-corrected chi connectivity index (χ2v) is 7.57. The minimum Gasteiger partial charge on any atom is -0.357 e. The summed E-state index contributed by atoms with van der Waals surface area (Å²) in [5, 5.41) is 6.94. The lowest BCUT2D eigenvalue weighted by molar-refractivity contribution is 0.573. The van der Waals surface area contributed by atoms with Crippen molar-refractivity contribution in [2.75, 3.05) is 25.0 Å². The van der Waals surface area contributed by atoms with Crippen LogP contribution in [0.2, 0.25) is 0 Å². The Morgan fingerprint density at radius 3 is 2.59 bits per heavy atom. The molecule has 29 heavy (non-hydrogen) atoms. The number of rotatable bonds is 7. The van der Waals surface area contributed by atoms with Crippen LogP contribution in [0.25, 0.3) is 0 Å². The standard InChI is InChI=1S/C23H33N5.HI/c1-19(11-12-20-9-5-3-6-10-20)27-23(24-2)26-18-21-13-14-25-22(17-21)28-15-7-4-8-16-28;/h3,5-6,9-10,13-14,17,19H,4,7-8,11-12,15-16,18H2,1-2H3,(H2,24,26,27);1H. The summed E-state index contributed by atoms with van der Waals surface area (Å²) in [5.74, 6) is 1.94. The molecule has 0 aliphatic carbocycles. The van der Waals surface area contributed by atoms with E-state index in [2.05, 4.69) is 74.9 Å². The topological polar surface area (TPSA) is 52.6 Å². The number of hydrogen-bond acceptors (Lipinski definition) is 3. The maximum absolute atomic E-state index is 4.56. The van der Waals surface area contributed by atoms with Crippen LogP contribution >= 0.6 is 24.0 Å². The fourth-order valence-electron chi connectivity index (χ4n) is 3.58. The van der Waals surface area contributed by atoms with E-state index in [9.17, 15) is 0 Å². The van der Waals surface area contributed by atoms with Gasteiger partial charge in [-0.25, -0.2) is 4.98 Å². The van der Waals surface area contributed by atoms with Gasteiger partial charge < -0.3 is 15.5 Å². The molecule has 5 nitrogen and oxygen atoms in total. The zero-order valence-electron chi connectivity index (χ0n) is 17.6. The third-order valence-electron chi connectivity index (χ3n) is 5.27. The number of anilines is 1. The number of halogens is 1. The minimum absolute atomic E-state index is 0. The molecular formula is C23H34IN5. The monoisotopic (exact) mass is 507 g/mol. The molecule has 158 valence electrons. The number of hydrogen-bond donors (Lipinski definition) is 2. The van der Waals surface area contributed by atoms with Gasteiger partial charge in [0.1, 0.15) is 5.82 Å². The van der Waals surface area contributed by atoms with Crippen molar-refractivity contribution < 1.29 is 0 Å². The van der Waals surface area contributed by atoms with Crippen LogP contribution in [-0.2, 0) is 13.0 Å². The number of aryl methyl sites for hydroxylation is 1. The van der Waals surface area contributed by atoms with E-state index in [1.165, 1.54) is 30.4 Å². The number of nitrogens with one attached hydrogen (secondary N) is 2. The van der Waals surface area contributed by atoms with Gasteiger partial charge in [0, 0.05) is 38.9 Å². The van der Waals surface area contributed by atoms with Crippen molar-refractivity contribution in [1.29, 1.82) is 0 Å². The molecule has 1 saturated heterocycles. The van der Waals surface area contributed by atoms with E-state index >= 15 is 0 Å². The summed E-state index contributed by atoms with van der Waals surface area (Å²) in [6, 6.07) is 15.3. The maximum atomic E-state index is 4.56. The molecule has 1 atom stereocenters. The van der Waals surface area contributed by atoms with Gasteiger partial charge in [0.2, 0.25) is 0 Å². The van der Waals surface area contributed by atoms with Crippen molar-refractivity contribution in [3.63, 3.8) is 0 Å². The van der Waals surface area contributed by atoms with Crippen LogP contribution in [0.15, 0.2) is 53.7 Å². The Morgan fingerprint density at radius 2 is 1.86 bits per heavy atom. The van der Waals surface area contributed by atoms with E-state index in [1.54, 1.807) is 0 Å². The third-order valence-corrected chi connectivity index (χ3v) is 5.27. The molecule has 1 aliphatic heterocycles. The number of aromatic nitrogens is 1. The van der Waals surface area contributed by atoms with Crippen LogP contribution in [-0.4, -0.2) is 37.1 Å². The first kappa shape index (κ1) is 23.4. The Balaban J connectivity index is 0.00000300. The molecule has 0 amide bonds. The Labute approximate surface area is 192 Å². The van der Waals surface area contributed by atoms with Crippen molar-refractivity contribution >= 4 is 35.8 Å². The number of piperidine rings is 1. The zero-order chi connectivity index (χ0) is 19.6. The second kappa shape index (κ2) is 12.7. The van der Waals surface area contributed by atoms with E-state index in [0.717, 1.165) is 44.3 Å². The van der Waals surface area contributed by atoms with Crippen LogP contribution in [0.3, 0.4) is 0 Å². The molecule has 1 fully saturated rings. The highest BCUT2D eigenvalue weighted by Crippen LogP contribution is 2.18. The lowest BCUT2D eigenvalue weighted by Crippen LogP contribution is -2.42. The van der Waals surface area contributed by atoms with Gasteiger partial charge in [-0.05, 0) is 62.3 Å². The summed E-state index contributed by atoms with van der Waals surface area (Å²) in [5.41, 5.74) is 2.61. The average Bonchev–Trinajstić information content (AvgIpc) is 2.76. The Hall–Kier alpha value is -1.83. The molecule has 0 bridgehead atoms. The molecule has 0 spiro atoms. The second-order valence-electron chi connectivity index (χ2n) is 7.57. The molecule has 0 saturated carbocycles. The van der Waals surface area contributed by atoms with Gasteiger partial charge in [-0.2, -0.15) is 0 Å². The van der Waals surface area contributed by atoms with Gasteiger partial charge in [0.15, 0.2) is 5.96 Å². The highest BCUT2D eigenvalue weighted by Gasteiger charge is 2.12. The Bertz CT molecular complexity index is 744. The zero-order valence-corrected chi connectivity index (χ0v) is 19.9. The van der Waals surface area contributed by atoms with E-state index in [0.29, 0.717) is 6.04 Å². The lowest BCUT2D eigenvalue weighted by atomic mass is 10.1. The first-order valence-electron chi connectivity index (χ1n) is 10.5. The van der Waals surface area contributed by atoms with Crippen LogP contribution in [0, 0.1) is 0 Å². The number of benzene rings is 1. The molecule has 1 aromatic carbocycles. The number of pyridine rings is 1. The highest BCUT2D eigenvalue weighted by atomic mass is 127. The van der Waals surface area contributed by atoms with Crippen molar-refractivity contribution in [2.45, 2.75) is 51.6 Å². The average molecular weight is 507 g/mol. The SMILES string of the molecule is CN=C(NCc1ccnc(N2CCCCC2)c1)NC(C)CCc1ccccc1.I. The van der Waals surface area contributed by atoms with Crippen LogP contribution in [0.5, 0.6) is 0 Å². The fraction of sp³-hybridized carbons (Fsp3) is 0.478. The van der Waals surface area contributed by atoms with Crippen molar-refractivity contribution in [2.24, 2.45) is 4.99 Å². The number of guanidine groups is 1. The lowest BCUT2D eigenvalue weighted by Gasteiger charge is -2.28. The molecule has 3 rings (SSSR count). The molecule has 0 radical (unpaired) electrons. The summed E-state index contributed by atoms with van der Waals surface area (Å²) < 4.78 is 0. The van der Waals surface area contributed by atoms with E-state index in [4.69, 9.17) is 0 Å². The minimum atomic E-state index is 0. The summed E-state index contributed by atoms with van der Waals surface area (Å²) in [6.45, 7) is 5.18. The molecule has 2 heterocycles. The van der Waals surface area contributed by atoms with Gasteiger partial charge in [-0.15, -0.1) is 24.0 Å². The molecule has 6 heteroatoms. The number of nitrogens with zero attached hydrogens (tertiary/aromatic N) is 3. The molecule has 2 aromatic rings. The summed E-state index contributed by atoms with van der Waals surface area (Å²) in [7, 11) is 1.82. The van der Waals surface area contributed by atoms with Crippen LogP contribution in [0.1, 0.15) is 43.7 Å². The van der Waals surface area contributed by atoms with Crippen LogP contribution < -0.4 is 15.5 Å². The maximum Gasteiger partial charge on any atom is 0.191 e. The predicted molar refractivity (Wildman–Crippen MR) is 133 cm³/mol. The Morgan fingerprint density at radius 1 is 1.10 bits per heavy atom. The van der Waals surface area contributed by atoms with E-state index < -0.39 is 0 Å². The van der Waals surface area contributed by atoms with Gasteiger partial charge in [0.25, 0.3) is 0 Å². The molecule has 1 aliphatic rings. The van der Waals surface area contributed by atoms with Gasteiger partial charge >= 0.3 is 0 Å². The van der Waals surface area contributed by atoms with Gasteiger partial charge in [0.05, 0.1) is 0 Å². The quantitative estimate of drug-likeness (QED) is 0.332. The highest BCUT2D eigenvalue weighted by molar-refractivity contribution is 14.0. The van der Waals surface area contributed by atoms with E-state index in [1.807, 2.05) is 13.2 Å². The molecular weight excluding hydrogens is 473 g/mol. The first-order chi connectivity index (χ1) is 13.7. The first-order valence-corrected chi connectivity index (χ1v) is 10.5. The summed E-state index contributed by atoms with van der Waals surface area (Å²) >= 11 is 0. The van der Waals surface area contributed by atoms with Gasteiger partial charge in [-0.3, -0.25) is 4.99 Å². The summed E-state index contributed by atoms with van der Waals surface area (Å²) in [4.78, 5) is 11.3. The van der Waals surface area contributed by atoms with Crippen molar-refractivity contribution in [3.8, 4) is 0 Å². The smallest absolute Gasteiger partial charge is 0.191 e. The largest absolute Gasteiger partial charge is 0.357 e. The fourth-order valence-corrected chi connectivity index (χ4v) is 3.58.